The van der Waals surface area contributed by atoms with Crippen LogP contribution in [0.1, 0.15) is 46.5 Å². The zero-order chi connectivity index (χ0) is 11.4. The zero-order valence-corrected chi connectivity index (χ0v) is 8.91. The number of hydrogen-bond donors (Lipinski definition) is 1. The minimum absolute atomic E-state index is 0.0819. The van der Waals surface area contributed by atoms with Crippen molar-refractivity contribution in [1.82, 2.24) is 0 Å². The maximum absolute atomic E-state index is 11.3. The van der Waals surface area contributed by atoms with Crippen LogP contribution in [0.4, 0.5) is 0 Å². The Morgan fingerprint density at radius 2 is 1.87 bits per heavy atom. The molecule has 0 heterocycles. The predicted molar refractivity (Wildman–Crippen MR) is 57.4 cm³/mol. The molecule has 0 saturated heterocycles. The molecule has 0 atom stereocenters. The third-order valence-corrected chi connectivity index (χ3v) is 2.29. The van der Waals surface area contributed by atoms with Crippen molar-refractivity contribution in [3.05, 3.63) is 34.9 Å². The molecular formula is C12H14O3. The third-order valence-electron chi connectivity index (χ3n) is 2.29. The largest absolute Gasteiger partial charge is 0.478 e. The van der Waals surface area contributed by atoms with Crippen LogP contribution in [-0.2, 0) is 6.42 Å². The highest BCUT2D eigenvalue weighted by Gasteiger charge is 2.14. The van der Waals surface area contributed by atoms with Gasteiger partial charge in [0.15, 0.2) is 5.78 Å². The van der Waals surface area contributed by atoms with E-state index in [1.54, 1.807) is 18.2 Å². The molecule has 0 fully saturated rings. The van der Waals surface area contributed by atoms with Crippen molar-refractivity contribution in [2.24, 2.45) is 0 Å². The van der Waals surface area contributed by atoms with Gasteiger partial charge in [0.2, 0.25) is 0 Å². The summed E-state index contributed by atoms with van der Waals surface area (Å²) in [7, 11) is 0. The predicted octanol–water partition coefficient (Wildman–Crippen LogP) is 2.54. The molecule has 0 amide bonds. The Hall–Kier alpha value is -1.64. The molecule has 0 bridgehead atoms. The Balaban J connectivity index is 3.34. The first-order valence-corrected chi connectivity index (χ1v) is 4.94. The van der Waals surface area contributed by atoms with Crippen LogP contribution in [0.15, 0.2) is 18.2 Å². The average Bonchev–Trinajstić information content (AvgIpc) is 2.17. The molecule has 0 aliphatic carbocycles. The number of carboxylic acids is 1. The second kappa shape index (κ2) is 4.73. The van der Waals surface area contributed by atoms with E-state index in [1.165, 1.54) is 6.92 Å². The fourth-order valence-electron chi connectivity index (χ4n) is 1.64. The summed E-state index contributed by atoms with van der Waals surface area (Å²) in [4.78, 5) is 22.3. The van der Waals surface area contributed by atoms with Crippen molar-refractivity contribution in [3.8, 4) is 0 Å². The molecule has 15 heavy (non-hydrogen) atoms. The molecule has 0 aromatic heterocycles. The summed E-state index contributed by atoms with van der Waals surface area (Å²) in [5, 5.41) is 8.99. The van der Waals surface area contributed by atoms with E-state index in [1.807, 2.05) is 6.92 Å². The van der Waals surface area contributed by atoms with Crippen molar-refractivity contribution >= 4 is 11.8 Å². The highest BCUT2D eigenvalue weighted by Crippen LogP contribution is 2.17. The van der Waals surface area contributed by atoms with Gasteiger partial charge in [-0.2, -0.15) is 0 Å². The Morgan fingerprint density at radius 3 is 2.33 bits per heavy atom. The molecule has 1 aromatic carbocycles. The lowest BCUT2D eigenvalue weighted by Crippen LogP contribution is -2.08. The summed E-state index contributed by atoms with van der Waals surface area (Å²) in [6.45, 7) is 3.42. The van der Waals surface area contributed by atoms with Gasteiger partial charge in [0.1, 0.15) is 0 Å². The standard InChI is InChI=1S/C12H14O3/c1-3-5-10-9(8(2)13)6-4-7-11(10)12(14)15/h4,6-7H,3,5H2,1-2H3,(H,14,15). The topological polar surface area (TPSA) is 54.4 Å². The third kappa shape index (κ3) is 2.43. The number of carbonyl (C=O) groups excluding carboxylic acids is 1. The molecule has 0 aliphatic rings. The van der Waals surface area contributed by atoms with Gasteiger partial charge in [-0.3, -0.25) is 4.79 Å². The maximum atomic E-state index is 11.3. The molecule has 0 saturated carbocycles. The molecule has 1 rings (SSSR count). The van der Waals surface area contributed by atoms with Crippen LogP contribution in [0.25, 0.3) is 0 Å². The van der Waals surface area contributed by atoms with Crippen molar-refractivity contribution in [3.63, 3.8) is 0 Å². The maximum Gasteiger partial charge on any atom is 0.335 e. The molecule has 3 heteroatoms. The molecule has 3 nitrogen and oxygen atoms in total. The second-order valence-corrected chi connectivity index (χ2v) is 3.44. The summed E-state index contributed by atoms with van der Waals surface area (Å²) < 4.78 is 0. The molecule has 1 aromatic rings. The summed E-state index contributed by atoms with van der Waals surface area (Å²) in [6, 6.07) is 4.83. The fraction of sp³-hybridized carbons (Fsp3) is 0.333. The quantitative estimate of drug-likeness (QED) is 0.770. The Morgan fingerprint density at radius 1 is 1.27 bits per heavy atom. The molecule has 80 valence electrons. The van der Waals surface area contributed by atoms with Crippen LogP contribution in [0.3, 0.4) is 0 Å². The molecule has 0 spiro atoms. The van der Waals surface area contributed by atoms with E-state index in [0.717, 1.165) is 6.42 Å². The number of carbonyl (C=O) groups is 2. The van der Waals surface area contributed by atoms with Crippen molar-refractivity contribution in [2.75, 3.05) is 0 Å². The molecular weight excluding hydrogens is 192 g/mol. The zero-order valence-electron chi connectivity index (χ0n) is 8.91. The summed E-state index contributed by atoms with van der Waals surface area (Å²) in [5.41, 5.74) is 1.42. The Kier molecular flexibility index (Phi) is 3.61. The van der Waals surface area contributed by atoms with Crippen LogP contribution < -0.4 is 0 Å². The molecule has 0 aliphatic heterocycles. The number of Topliss-reactive ketones (excluding diaryl/α,β-unsaturated/α-hetero) is 1. The van der Waals surface area contributed by atoms with Gasteiger partial charge in [-0.05, 0) is 25.0 Å². The Labute approximate surface area is 88.7 Å². The van der Waals surface area contributed by atoms with Crippen LogP contribution in [0, 0.1) is 0 Å². The van der Waals surface area contributed by atoms with Crippen LogP contribution in [0.2, 0.25) is 0 Å². The van der Waals surface area contributed by atoms with E-state index in [-0.39, 0.29) is 11.3 Å². The smallest absolute Gasteiger partial charge is 0.335 e. The van der Waals surface area contributed by atoms with Gasteiger partial charge in [-0.25, -0.2) is 4.79 Å². The number of rotatable bonds is 4. The highest BCUT2D eigenvalue weighted by molar-refractivity contribution is 5.99. The van der Waals surface area contributed by atoms with Crippen LogP contribution >= 0.6 is 0 Å². The lowest BCUT2D eigenvalue weighted by atomic mass is 9.95. The first kappa shape index (κ1) is 11.4. The summed E-state index contributed by atoms with van der Waals surface area (Å²) in [6.07, 6.45) is 1.45. The number of carboxylic acid groups (broad SMARTS) is 1. The van der Waals surface area contributed by atoms with Crippen molar-refractivity contribution < 1.29 is 14.7 Å². The van der Waals surface area contributed by atoms with E-state index >= 15 is 0 Å². The lowest BCUT2D eigenvalue weighted by molar-refractivity contribution is 0.0695. The Bertz CT molecular complexity index is 362. The minimum Gasteiger partial charge on any atom is -0.478 e. The van der Waals surface area contributed by atoms with Gasteiger partial charge in [-0.15, -0.1) is 0 Å². The molecule has 0 unspecified atom stereocenters. The number of hydrogen-bond acceptors (Lipinski definition) is 2. The first-order chi connectivity index (χ1) is 7.07. The normalized spacial score (nSPS) is 10.0. The van der Waals surface area contributed by atoms with E-state index in [4.69, 9.17) is 5.11 Å². The van der Waals surface area contributed by atoms with Gasteiger partial charge >= 0.3 is 5.97 Å². The van der Waals surface area contributed by atoms with Crippen LogP contribution in [0.5, 0.6) is 0 Å². The monoisotopic (exact) mass is 206 g/mol. The molecule has 0 radical (unpaired) electrons. The average molecular weight is 206 g/mol. The SMILES string of the molecule is CCCc1c(C(C)=O)cccc1C(=O)O. The van der Waals surface area contributed by atoms with Gasteiger partial charge in [0.05, 0.1) is 5.56 Å². The minimum atomic E-state index is -0.971. The van der Waals surface area contributed by atoms with Gasteiger partial charge in [-0.1, -0.05) is 25.5 Å². The number of aromatic carboxylic acids is 1. The highest BCUT2D eigenvalue weighted by atomic mass is 16.4. The van der Waals surface area contributed by atoms with Gasteiger partial charge < -0.3 is 5.11 Å². The van der Waals surface area contributed by atoms with E-state index < -0.39 is 5.97 Å². The van der Waals surface area contributed by atoms with E-state index in [0.29, 0.717) is 17.5 Å². The number of ketones is 1. The first-order valence-electron chi connectivity index (χ1n) is 4.94. The van der Waals surface area contributed by atoms with Gasteiger partial charge in [0, 0.05) is 5.56 Å². The van der Waals surface area contributed by atoms with Crippen LogP contribution in [-0.4, -0.2) is 16.9 Å². The number of benzene rings is 1. The van der Waals surface area contributed by atoms with E-state index in [9.17, 15) is 9.59 Å². The van der Waals surface area contributed by atoms with E-state index in [2.05, 4.69) is 0 Å². The molecule has 1 N–H and O–H groups in total. The summed E-state index contributed by atoms with van der Waals surface area (Å²) in [5.74, 6) is -1.05. The van der Waals surface area contributed by atoms with Gasteiger partial charge in [0.25, 0.3) is 0 Å². The van der Waals surface area contributed by atoms with Crippen molar-refractivity contribution in [2.45, 2.75) is 26.7 Å². The van der Waals surface area contributed by atoms with Crippen molar-refractivity contribution in [1.29, 1.82) is 0 Å². The lowest BCUT2D eigenvalue weighted by Gasteiger charge is -2.09. The summed E-state index contributed by atoms with van der Waals surface area (Å²) >= 11 is 0. The fourth-order valence-corrected chi connectivity index (χ4v) is 1.64. The second-order valence-electron chi connectivity index (χ2n) is 3.44.